The van der Waals surface area contributed by atoms with E-state index >= 15 is 0 Å². The Morgan fingerprint density at radius 2 is 1.68 bits per heavy atom. The van der Waals surface area contributed by atoms with Crippen molar-refractivity contribution < 1.29 is 28.9 Å². The van der Waals surface area contributed by atoms with Gasteiger partial charge in [0.05, 0.1) is 31.4 Å². The van der Waals surface area contributed by atoms with Gasteiger partial charge in [-0.05, 0) is 54.8 Å². The van der Waals surface area contributed by atoms with Gasteiger partial charge in [-0.2, -0.15) is 0 Å². The molecule has 0 spiro atoms. The van der Waals surface area contributed by atoms with Crippen molar-refractivity contribution in [3.63, 3.8) is 0 Å². The number of benzene rings is 2. The van der Waals surface area contributed by atoms with Crippen LogP contribution in [-0.2, 0) is 14.3 Å². The minimum absolute atomic E-state index is 0.0500. The standard InChI is InChI=1S/C27H33NO6/c1-4-6-16-34-22-9-7-8-20(18-22)24-23(26(30)27(31)28(24)14-17-32-3)25(29)19-10-12-21(13-11-19)33-15-5-2/h7-13,18,24,29H,4-6,14-17H2,1-3H3/b25-23+. The van der Waals surface area contributed by atoms with Gasteiger partial charge in [0.15, 0.2) is 0 Å². The summed E-state index contributed by atoms with van der Waals surface area (Å²) in [5, 5.41) is 11.2. The molecule has 34 heavy (non-hydrogen) atoms. The molecule has 3 rings (SSSR count). The Kier molecular flexibility index (Phi) is 9.10. The highest BCUT2D eigenvalue weighted by Gasteiger charge is 2.46. The van der Waals surface area contributed by atoms with Gasteiger partial charge in [-0.1, -0.05) is 32.4 Å². The van der Waals surface area contributed by atoms with E-state index in [9.17, 15) is 14.7 Å². The minimum Gasteiger partial charge on any atom is -0.507 e. The molecule has 1 saturated heterocycles. The average molecular weight is 468 g/mol. The zero-order valence-corrected chi connectivity index (χ0v) is 20.1. The largest absolute Gasteiger partial charge is 0.507 e. The number of hydrogen-bond acceptors (Lipinski definition) is 6. The number of likely N-dealkylation sites (tertiary alicyclic amines) is 1. The molecule has 182 valence electrons. The number of amides is 1. The summed E-state index contributed by atoms with van der Waals surface area (Å²) in [6.07, 6.45) is 2.82. The molecule has 0 aliphatic carbocycles. The number of carbonyl (C=O) groups is 2. The van der Waals surface area contributed by atoms with Crippen molar-refractivity contribution >= 4 is 17.4 Å². The Labute approximate surface area is 200 Å². The maximum atomic E-state index is 13.1. The number of Topliss-reactive ketones (excluding diaryl/α,β-unsaturated/α-hetero) is 1. The maximum Gasteiger partial charge on any atom is 0.295 e. The lowest BCUT2D eigenvalue weighted by molar-refractivity contribution is -0.140. The molecule has 1 amide bonds. The molecule has 1 heterocycles. The van der Waals surface area contributed by atoms with Gasteiger partial charge >= 0.3 is 0 Å². The number of carbonyl (C=O) groups excluding carboxylic acids is 2. The molecule has 2 aromatic carbocycles. The van der Waals surface area contributed by atoms with Gasteiger partial charge in [-0.3, -0.25) is 9.59 Å². The summed E-state index contributed by atoms with van der Waals surface area (Å²) >= 11 is 0. The van der Waals surface area contributed by atoms with Crippen LogP contribution in [0.5, 0.6) is 11.5 Å². The summed E-state index contributed by atoms with van der Waals surface area (Å²) in [7, 11) is 1.54. The lowest BCUT2D eigenvalue weighted by atomic mass is 9.95. The third-order valence-corrected chi connectivity index (χ3v) is 5.62. The highest BCUT2D eigenvalue weighted by Crippen LogP contribution is 2.40. The average Bonchev–Trinajstić information content (AvgIpc) is 3.11. The second kappa shape index (κ2) is 12.2. The van der Waals surface area contributed by atoms with E-state index in [0.717, 1.165) is 19.3 Å². The summed E-state index contributed by atoms with van der Waals surface area (Å²) in [6, 6.07) is 13.4. The van der Waals surface area contributed by atoms with Crippen LogP contribution in [0.1, 0.15) is 50.3 Å². The fraction of sp³-hybridized carbons (Fsp3) is 0.407. The number of ketones is 1. The van der Waals surface area contributed by atoms with E-state index in [0.29, 0.717) is 35.8 Å². The number of methoxy groups -OCH3 is 1. The predicted octanol–water partition coefficient (Wildman–Crippen LogP) is 4.72. The van der Waals surface area contributed by atoms with Crippen LogP contribution in [0.2, 0.25) is 0 Å². The van der Waals surface area contributed by atoms with E-state index in [1.165, 1.54) is 12.0 Å². The molecule has 7 heteroatoms. The Bertz CT molecular complexity index is 1010. The molecular weight excluding hydrogens is 434 g/mol. The zero-order valence-electron chi connectivity index (χ0n) is 20.1. The number of ether oxygens (including phenoxy) is 3. The number of hydrogen-bond donors (Lipinski definition) is 1. The number of rotatable bonds is 12. The van der Waals surface area contributed by atoms with Gasteiger partial charge in [-0.25, -0.2) is 0 Å². The van der Waals surface area contributed by atoms with E-state index in [4.69, 9.17) is 14.2 Å². The first kappa shape index (κ1) is 25.3. The molecule has 1 aliphatic rings. The number of nitrogens with zero attached hydrogens (tertiary/aromatic N) is 1. The quantitative estimate of drug-likeness (QED) is 0.210. The molecular formula is C27H33NO6. The molecule has 7 nitrogen and oxygen atoms in total. The van der Waals surface area contributed by atoms with Crippen molar-refractivity contribution in [1.29, 1.82) is 0 Å². The van der Waals surface area contributed by atoms with Crippen LogP contribution in [0.3, 0.4) is 0 Å². The molecule has 1 aliphatic heterocycles. The van der Waals surface area contributed by atoms with E-state index in [-0.39, 0.29) is 24.5 Å². The SMILES string of the molecule is CCCCOc1cccc(C2/C(=C(\O)c3ccc(OCCC)cc3)C(=O)C(=O)N2CCOC)c1. The summed E-state index contributed by atoms with van der Waals surface area (Å²) in [5.41, 5.74) is 1.18. The lowest BCUT2D eigenvalue weighted by Gasteiger charge is -2.25. The van der Waals surface area contributed by atoms with Crippen molar-refractivity contribution in [1.82, 2.24) is 4.90 Å². The molecule has 1 fully saturated rings. The summed E-state index contributed by atoms with van der Waals surface area (Å²) in [6.45, 7) is 5.76. The fourth-order valence-corrected chi connectivity index (χ4v) is 3.84. The highest BCUT2D eigenvalue weighted by molar-refractivity contribution is 6.46. The van der Waals surface area contributed by atoms with Gasteiger partial charge in [0.1, 0.15) is 17.3 Å². The first-order valence-electron chi connectivity index (χ1n) is 11.7. The molecule has 0 aromatic heterocycles. The van der Waals surface area contributed by atoms with Gasteiger partial charge in [0.25, 0.3) is 11.7 Å². The maximum absolute atomic E-state index is 13.1. The van der Waals surface area contributed by atoms with Crippen molar-refractivity contribution in [2.24, 2.45) is 0 Å². The number of unbranched alkanes of at least 4 members (excludes halogenated alkanes) is 1. The first-order valence-corrected chi connectivity index (χ1v) is 11.7. The van der Waals surface area contributed by atoms with Crippen LogP contribution < -0.4 is 9.47 Å². The highest BCUT2D eigenvalue weighted by atomic mass is 16.5. The van der Waals surface area contributed by atoms with Crippen LogP contribution in [0.4, 0.5) is 0 Å². The fourth-order valence-electron chi connectivity index (χ4n) is 3.84. The van der Waals surface area contributed by atoms with Crippen LogP contribution in [0.15, 0.2) is 54.1 Å². The van der Waals surface area contributed by atoms with Crippen molar-refractivity contribution in [2.45, 2.75) is 39.2 Å². The second-order valence-corrected chi connectivity index (χ2v) is 8.13. The Hall–Kier alpha value is -3.32. The van der Waals surface area contributed by atoms with Crippen LogP contribution in [0, 0.1) is 0 Å². The van der Waals surface area contributed by atoms with Crippen LogP contribution in [-0.4, -0.2) is 55.2 Å². The van der Waals surface area contributed by atoms with Crippen LogP contribution in [0.25, 0.3) is 5.76 Å². The van der Waals surface area contributed by atoms with Gasteiger partial charge in [0.2, 0.25) is 0 Å². The molecule has 2 aromatic rings. The van der Waals surface area contributed by atoms with Crippen molar-refractivity contribution in [3.05, 3.63) is 65.2 Å². The third kappa shape index (κ3) is 5.78. The smallest absolute Gasteiger partial charge is 0.295 e. The Morgan fingerprint density at radius 1 is 0.941 bits per heavy atom. The molecule has 1 unspecified atom stereocenters. The van der Waals surface area contributed by atoms with Gasteiger partial charge < -0.3 is 24.2 Å². The minimum atomic E-state index is -0.749. The molecule has 0 saturated carbocycles. The lowest BCUT2D eigenvalue weighted by Crippen LogP contribution is -2.32. The van der Waals surface area contributed by atoms with E-state index in [1.807, 2.05) is 31.2 Å². The second-order valence-electron chi connectivity index (χ2n) is 8.13. The van der Waals surface area contributed by atoms with Crippen LogP contribution >= 0.6 is 0 Å². The zero-order chi connectivity index (χ0) is 24.5. The normalized spacial score (nSPS) is 17.3. The number of aliphatic hydroxyl groups is 1. The Morgan fingerprint density at radius 3 is 2.35 bits per heavy atom. The number of aliphatic hydroxyl groups excluding tert-OH is 1. The van der Waals surface area contributed by atoms with E-state index in [1.54, 1.807) is 24.3 Å². The molecule has 1 N–H and O–H groups in total. The van der Waals surface area contributed by atoms with Gasteiger partial charge in [0, 0.05) is 19.2 Å². The summed E-state index contributed by atoms with van der Waals surface area (Å²) in [5.74, 6) is -0.276. The van der Waals surface area contributed by atoms with E-state index < -0.39 is 17.7 Å². The monoisotopic (exact) mass is 467 g/mol. The summed E-state index contributed by atoms with van der Waals surface area (Å²) < 4.78 is 16.6. The third-order valence-electron chi connectivity index (χ3n) is 5.62. The van der Waals surface area contributed by atoms with Gasteiger partial charge in [-0.15, -0.1) is 0 Å². The molecule has 0 radical (unpaired) electrons. The van der Waals surface area contributed by atoms with E-state index in [2.05, 4.69) is 6.92 Å². The predicted molar refractivity (Wildman–Crippen MR) is 130 cm³/mol. The Balaban J connectivity index is 2.02. The topological polar surface area (TPSA) is 85.3 Å². The first-order chi connectivity index (χ1) is 16.5. The summed E-state index contributed by atoms with van der Waals surface area (Å²) in [4.78, 5) is 27.5. The molecule has 0 bridgehead atoms. The van der Waals surface area contributed by atoms with Crippen molar-refractivity contribution in [2.75, 3.05) is 33.5 Å². The molecule has 1 atom stereocenters. The van der Waals surface area contributed by atoms with Crippen molar-refractivity contribution in [3.8, 4) is 11.5 Å².